The third-order valence-electron chi connectivity index (χ3n) is 7.85. The zero-order valence-corrected chi connectivity index (χ0v) is 34.7. The first-order valence-corrected chi connectivity index (χ1v) is 22.4. The lowest BCUT2D eigenvalue weighted by molar-refractivity contribution is -0.161. The molecule has 0 saturated heterocycles. The molecule has 0 bridgehead atoms. The highest BCUT2D eigenvalue weighted by atomic mass is 31.2. The van der Waals surface area contributed by atoms with Gasteiger partial charge in [0.25, 0.3) is 0 Å². The summed E-state index contributed by atoms with van der Waals surface area (Å²) in [6.45, 7) is 3.46. The van der Waals surface area contributed by atoms with Crippen LogP contribution in [0.1, 0.15) is 124 Å². The molecule has 0 aliphatic rings. The molecular weight excluding hydrogens is 758 g/mol. The molecule has 0 aliphatic carbocycles. The van der Waals surface area contributed by atoms with Crippen molar-refractivity contribution in [3.63, 3.8) is 0 Å². The molecule has 1 unspecified atom stereocenters. The van der Waals surface area contributed by atoms with Crippen molar-refractivity contribution in [3.05, 3.63) is 48.6 Å². The van der Waals surface area contributed by atoms with Crippen LogP contribution >= 0.6 is 15.6 Å². The minimum Gasteiger partial charge on any atom is -0.462 e. The van der Waals surface area contributed by atoms with Crippen molar-refractivity contribution in [2.24, 2.45) is 5.92 Å². The lowest BCUT2D eigenvalue weighted by Crippen LogP contribution is -2.30. The highest BCUT2D eigenvalue weighted by molar-refractivity contribution is 7.47. The second kappa shape index (κ2) is 33.0. The van der Waals surface area contributed by atoms with Crippen LogP contribution in [0.25, 0.3) is 0 Å². The summed E-state index contributed by atoms with van der Waals surface area (Å²) in [6.07, 6.45) is 21.9. The van der Waals surface area contributed by atoms with Crippen molar-refractivity contribution in [1.82, 2.24) is 0 Å². The van der Waals surface area contributed by atoms with Crippen molar-refractivity contribution in [2.45, 2.75) is 148 Å². The lowest BCUT2D eigenvalue weighted by atomic mass is 10.0. The molecule has 0 aromatic heterocycles. The van der Waals surface area contributed by atoms with Gasteiger partial charge in [-0.1, -0.05) is 108 Å². The first-order valence-electron chi connectivity index (χ1n) is 19.4. The van der Waals surface area contributed by atoms with E-state index in [4.69, 9.17) is 23.8 Å². The predicted molar refractivity (Wildman–Crippen MR) is 210 cm³/mol. The maximum absolute atomic E-state index is 12.6. The highest BCUT2D eigenvalue weighted by Crippen LogP contribution is 2.43. The molecule has 0 radical (unpaired) electrons. The monoisotopic (exact) mass is 826 g/mol. The second-order valence-corrected chi connectivity index (χ2v) is 16.3. The van der Waals surface area contributed by atoms with Crippen LogP contribution in [0.2, 0.25) is 0 Å². The maximum atomic E-state index is 12.6. The van der Waals surface area contributed by atoms with Gasteiger partial charge in [0.1, 0.15) is 12.7 Å². The van der Waals surface area contributed by atoms with Gasteiger partial charge >= 0.3 is 27.6 Å². The number of phosphoric acid groups is 2. The van der Waals surface area contributed by atoms with Crippen molar-refractivity contribution >= 4 is 27.6 Å². The summed E-state index contributed by atoms with van der Waals surface area (Å²) < 4.78 is 47.3. The SMILES string of the molecule is CC/C=C\C/C=C\C/C=C\C/C=C\C[C@@H](O)[C@H](O)CCCC(=O)O[C@H](COC(=O)CCCCCCCCC(C)C)COP(=O)(O)OC[C@@H](O)COP(=O)(O)O. The Kier molecular flexibility index (Phi) is 31.8. The van der Waals surface area contributed by atoms with Crippen LogP contribution in [0.5, 0.6) is 0 Å². The number of rotatable bonds is 35. The normalized spacial score (nSPS) is 16.0. The Balaban J connectivity index is 4.84. The molecule has 0 rings (SSSR count). The first-order chi connectivity index (χ1) is 26.0. The number of hydrogen-bond donors (Lipinski definition) is 6. The van der Waals surface area contributed by atoms with Gasteiger partial charge in [-0.3, -0.25) is 23.2 Å². The molecule has 0 spiro atoms. The Morgan fingerprint density at radius 1 is 0.600 bits per heavy atom. The van der Waals surface area contributed by atoms with Crippen molar-refractivity contribution in [3.8, 4) is 0 Å². The van der Waals surface area contributed by atoms with E-state index >= 15 is 0 Å². The van der Waals surface area contributed by atoms with Gasteiger partial charge in [0.15, 0.2) is 6.10 Å². The van der Waals surface area contributed by atoms with Crippen molar-refractivity contribution in [1.29, 1.82) is 0 Å². The van der Waals surface area contributed by atoms with Gasteiger partial charge in [0.05, 0.1) is 32.0 Å². The third-order valence-corrected chi connectivity index (χ3v) is 9.29. The Morgan fingerprint density at radius 3 is 1.73 bits per heavy atom. The number of hydrogen-bond acceptors (Lipinski definition) is 12. The Morgan fingerprint density at radius 2 is 1.13 bits per heavy atom. The summed E-state index contributed by atoms with van der Waals surface area (Å²) in [6, 6.07) is 0. The molecule has 15 nitrogen and oxygen atoms in total. The second-order valence-electron chi connectivity index (χ2n) is 13.6. The fourth-order valence-electron chi connectivity index (χ4n) is 4.79. The number of unbranched alkanes of at least 4 members (excludes halogenated alkanes) is 5. The molecule has 320 valence electrons. The zero-order valence-electron chi connectivity index (χ0n) is 32.9. The molecule has 0 fully saturated rings. The van der Waals surface area contributed by atoms with Crippen molar-refractivity contribution in [2.75, 3.05) is 26.4 Å². The molecule has 0 aliphatic heterocycles. The summed E-state index contributed by atoms with van der Waals surface area (Å²) in [5.41, 5.74) is 0. The molecule has 0 aromatic carbocycles. The van der Waals surface area contributed by atoms with Crippen LogP contribution in [-0.4, -0.2) is 92.8 Å². The molecule has 5 atom stereocenters. The van der Waals surface area contributed by atoms with E-state index in [9.17, 15) is 38.9 Å². The number of aliphatic hydroxyl groups is 3. The maximum Gasteiger partial charge on any atom is 0.472 e. The van der Waals surface area contributed by atoms with E-state index in [1.54, 1.807) is 6.08 Å². The van der Waals surface area contributed by atoms with E-state index in [0.29, 0.717) is 18.8 Å². The average molecular weight is 827 g/mol. The number of aliphatic hydroxyl groups excluding tert-OH is 3. The molecule has 0 heterocycles. The van der Waals surface area contributed by atoms with Gasteiger partial charge in [0, 0.05) is 12.8 Å². The number of ether oxygens (including phenoxy) is 2. The van der Waals surface area contributed by atoms with Gasteiger partial charge in [-0.05, 0) is 57.3 Å². The molecule has 0 saturated carbocycles. The average Bonchev–Trinajstić information content (AvgIpc) is 3.12. The van der Waals surface area contributed by atoms with Crippen molar-refractivity contribution < 1.29 is 71.8 Å². The minimum atomic E-state index is -4.89. The third kappa shape index (κ3) is 36.1. The fourth-order valence-corrected chi connectivity index (χ4v) is 5.95. The first kappa shape index (κ1) is 53.0. The standard InChI is InChI=1S/C38H68O15P2/c1-4-5-6-7-8-9-10-11-12-13-17-20-24-35(40)36(41)25-22-27-38(43)53-34(30-49-37(42)26-21-18-15-14-16-19-23-32(2)3)31-52-55(47,48)51-29-33(39)28-50-54(44,45)46/h5-6,8-9,11-12,17,20,32-36,39-41H,4,7,10,13-16,18-19,21-31H2,1-3H3,(H,47,48)(H2,44,45,46)/b6-5-,9-8-,12-11-,20-17-/t33-,34+,35+,36+/m0/s1. The number of carbonyl (C=O) groups is 2. The van der Waals surface area contributed by atoms with Crippen LogP contribution in [0.15, 0.2) is 48.6 Å². The fraction of sp³-hybridized carbons (Fsp3) is 0.737. The van der Waals surface area contributed by atoms with Crippen LogP contribution in [0.3, 0.4) is 0 Å². The van der Waals surface area contributed by atoms with Crippen LogP contribution in [-0.2, 0) is 41.8 Å². The molecule has 0 amide bonds. The van der Waals surface area contributed by atoms with Crippen LogP contribution in [0.4, 0.5) is 0 Å². The summed E-state index contributed by atoms with van der Waals surface area (Å²) in [4.78, 5) is 52.5. The van der Waals surface area contributed by atoms with Crippen LogP contribution < -0.4 is 0 Å². The number of phosphoric ester groups is 2. The molecule has 17 heteroatoms. The molecular formula is C38H68O15P2. The highest BCUT2D eigenvalue weighted by Gasteiger charge is 2.28. The number of carbonyl (C=O) groups excluding carboxylic acids is 2. The largest absolute Gasteiger partial charge is 0.472 e. The van der Waals surface area contributed by atoms with Gasteiger partial charge in [-0.15, -0.1) is 0 Å². The van der Waals surface area contributed by atoms with E-state index < -0.39 is 78.4 Å². The number of esters is 2. The van der Waals surface area contributed by atoms with Gasteiger partial charge in [-0.25, -0.2) is 9.13 Å². The Labute approximate surface area is 327 Å². The molecule has 6 N–H and O–H groups in total. The minimum absolute atomic E-state index is 0.0887. The van der Waals surface area contributed by atoms with Gasteiger partial charge in [-0.2, -0.15) is 0 Å². The topological polar surface area (TPSA) is 236 Å². The van der Waals surface area contributed by atoms with E-state index in [0.717, 1.165) is 44.9 Å². The molecule has 0 aromatic rings. The lowest BCUT2D eigenvalue weighted by Gasteiger charge is -2.21. The smallest absolute Gasteiger partial charge is 0.462 e. The zero-order chi connectivity index (χ0) is 41.4. The Bertz CT molecular complexity index is 1210. The summed E-state index contributed by atoms with van der Waals surface area (Å²) in [5, 5.41) is 30.4. The predicted octanol–water partition coefficient (Wildman–Crippen LogP) is 6.91. The van der Waals surface area contributed by atoms with E-state index in [-0.39, 0.29) is 32.1 Å². The van der Waals surface area contributed by atoms with E-state index in [1.807, 2.05) is 18.2 Å². The van der Waals surface area contributed by atoms with E-state index in [2.05, 4.69) is 54.1 Å². The summed E-state index contributed by atoms with van der Waals surface area (Å²) in [5.74, 6) is -0.653. The number of allylic oxidation sites excluding steroid dienone is 7. The quantitative estimate of drug-likeness (QED) is 0.0165. The summed E-state index contributed by atoms with van der Waals surface area (Å²) >= 11 is 0. The molecule has 55 heavy (non-hydrogen) atoms. The van der Waals surface area contributed by atoms with Gasteiger partial charge < -0.3 is 39.5 Å². The van der Waals surface area contributed by atoms with Crippen LogP contribution in [0, 0.1) is 5.92 Å². The Hall–Kier alpha value is -2.00. The van der Waals surface area contributed by atoms with Gasteiger partial charge in [0.2, 0.25) is 0 Å². The summed E-state index contributed by atoms with van der Waals surface area (Å²) in [7, 11) is -9.78. The van der Waals surface area contributed by atoms with E-state index in [1.165, 1.54) is 12.8 Å².